The van der Waals surface area contributed by atoms with Gasteiger partial charge in [-0.3, -0.25) is 19.8 Å². The van der Waals surface area contributed by atoms with Crippen LogP contribution in [0.25, 0.3) is 0 Å². The molecule has 0 radical (unpaired) electrons. The summed E-state index contributed by atoms with van der Waals surface area (Å²) in [6, 6.07) is 3.32. The molecular weight excluding hydrogens is 418 g/mol. The van der Waals surface area contributed by atoms with Gasteiger partial charge >= 0.3 is 0 Å². The van der Waals surface area contributed by atoms with Crippen LogP contribution in [0.2, 0.25) is 0 Å². The largest absolute Gasteiger partial charge is 0.492 e. The Kier molecular flexibility index (Phi) is 5.81. The molecule has 3 fully saturated rings. The Morgan fingerprint density at radius 3 is 3.00 bits per heavy atom. The van der Waals surface area contributed by atoms with Crippen LogP contribution in [0.4, 0.5) is 0 Å². The van der Waals surface area contributed by atoms with Gasteiger partial charge in [-0.1, -0.05) is 25.0 Å². The number of fused-ring (bicyclic) bond motifs is 3. The summed E-state index contributed by atoms with van der Waals surface area (Å²) in [5.74, 6) is 2.85. The van der Waals surface area contributed by atoms with Crippen LogP contribution in [0.3, 0.4) is 0 Å². The second-order valence-corrected chi connectivity index (χ2v) is 9.44. The summed E-state index contributed by atoms with van der Waals surface area (Å²) in [5, 5.41) is 2.49. The zero-order valence-electron chi connectivity index (χ0n) is 18.9. The number of unbranched alkanes of at least 4 members (excludes halogenated alkanes) is 1. The molecule has 2 amide bonds. The Balaban J connectivity index is 1.22. The summed E-state index contributed by atoms with van der Waals surface area (Å²) in [5.41, 5.74) is 3.30. The van der Waals surface area contributed by atoms with Crippen LogP contribution < -0.4 is 10.1 Å². The summed E-state index contributed by atoms with van der Waals surface area (Å²) in [4.78, 5) is 30.4. The zero-order valence-corrected chi connectivity index (χ0v) is 18.9. The number of rotatable bonds is 7. The highest BCUT2D eigenvalue weighted by Crippen LogP contribution is 2.55. The van der Waals surface area contributed by atoms with Crippen molar-refractivity contribution in [3.8, 4) is 18.1 Å². The Bertz CT molecular complexity index is 1050. The number of imide groups is 1. The fourth-order valence-corrected chi connectivity index (χ4v) is 5.38. The summed E-state index contributed by atoms with van der Waals surface area (Å²) >= 11 is 0. The van der Waals surface area contributed by atoms with E-state index in [1.54, 1.807) is 12.3 Å². The molecule has 1 aliphatic carbocycles. The summed E-state index contributed by atoms with van der Waals surface area (Å²) in [6.45, 7) is 3.62. The maximum absolute atomic E-state index is 12.5. The molecule has 0 aromatic carbocycles. The third-order valence-electron chi connectivity index (χ3n) is 7.31. The lowest BCUT2D eigenvalue weighted by Gasteiger charge is -2.43. The van der Waals surface area contributed by atoms with E-state index in [1.165, 1.54) is 11.1 Å². The Labute approximate surface area is 194 Å². The highest BCUT2D eigenvalue weighted by Gasteiger charge is 2.62. The Hall–Kier alpha value is -2.95. The van der Waals surface area contributed by atoms with E-state index in [4.69, 9.17) is 15.9 Å². The average molecular weight is 448 g/mol. The van der Waals surface area contributed by atoms with Crippen LogP contribution >= 0.6 is 0 Å². The number of hydrogen-bond acceptors (Lipinski definition) is 6. The number of carbonyl (C=O) groups excluding carboxylic acids is 2. The number of pyridine rings is 1. The van der Waals surface area contributed by atoms with Gasteiger partial charge in [0.25, 0.3) is 0 Å². The standard InChI is InChI=1S/C26H29N3O4/c1-3-18-9-10-19(15-27-18)32-14-5-4-7-17-8-6-13-26(2)20(17)16-29(25-23(26)33-25)21-11-12-22(30)28-24(21)31/h1,6,8-10,15,21,23,25H,4-5,7,11-14,16H2,2H3,(H,28,30,31). The highest BCUT2D eigenvalue weighted by molar-refractivity contribution is 6.00. The first-order valence-electron chi connectivity index (χ1n) is 11.7. The molecule has 33 heavy (non-hydrogen) atoms. The van der Waals surface area contributed by atoms with E-state index in [0.717, 1.165) is 31.4 Å². The number of nitrogens with one attached hydrogen (secondary N) is 1. The van der Waals surface area contributed by atoms with Crippen LogP contribution in [0.15, 0.2) is 41.6 Å². The third kappa shape index (κ3) is 4.21. The van der Waals surface area contributed by atoms with Gasteiger partial charge in [-0.25, -0.2) is 4.98 Å². The first kappa shape index (κ1) is 21.9. The minimum Gasteiger partial charge on any atom is -0.492 e. The number of terminal acetylenes is 1. The Morgan fingerprint density at radius 1 is 1.36 bits per heavy atom. The predicted molar refractivity (Wildman–Crippen MR) is 122 cm³/mol. The lowest BCUT2D eigenvalue weighted by Crippen LogP contribution is -2.57. The van der Waals surface area contributed by atoms with Crippen LogP contribution in [0, 0.1) is 17.8 Å². The van der Waals surface area contributed by atoms with Gasteiger partial charge in [-0.15, -0.1) is 6.42 Å². The predicted octanol–water partition coefficient (Wildman–Crippen LogP) is 2.72. The van der Waals surface area contributed by atoms with Crippen molar-refractivity contribution in [3.05, 3.63) is 47.3 Å². The van der Waals surface area contributed by atoms with Gasteiger partial charge in [-0.2, -0.15) is 0 Å². The number of epoxide rings is 1. The fourth-order valence-electron chi connectivity index (χ4n) is 5.38. The van der Waals surface area contributed by atoms with Crippen molar-refractivity contribution in [2.24, 2.45) is 5.41 Å². The summed E-state index contributed by atoms with van der Waals surface area (Å²) in [6.07, 6.45) is 16.4. The van der Waals surface area contributed by atoms with Gasteiger partial charge in [0.05, 0.1) is 18.8 Å². The van der Waals surface area contributed by atoms with E-state index in [2.05, 4.69) is 40.2 Å². The topological polar surface area (TPSA) is 84.1 Å². The number of likely N-dealkylation sites (tertiary alicyclic amines) is 1. The van der Waals surface area contributed by atoms with Crippen molar-refractivity contribution in [3.63, 3.8) is 0 Å². The molecule has 4 atom stereocenters. The van der Waals surface area contributed by atoms with Gasteiger partial charge in [0.2, 0.25) is 11.8 Å². The molecule has 7 heteroatoms. The van der Waals surface area contributed by atoms with E-state index >= 15 is 0 Å². The second kappa shape index (κ2) is 8.77. The van der Waals surface area contributed by atoms with Gasteiger partial charge < -0.3 is 9.47 Å². The maximum Gasteiger partial charge on any atom is 0.244 e. The molecule has 4 unspecified atom stereocenters. The first-order valence-corrected chi connectivity index (χ1v) is 11.7. The molecular formula is C26H29N3O4. The lowest BCUT2D eigenvalue weighted by atomic mass is 9.68. The number of aromatic nitrogens is 1. The number of carbonyl (C=O) groups is 2. The van der Waals surface area contributed by atoms with Crippen molar-refractivity contribution in [2.45, 2.75) is 63.8 Å². The summed E-state index contributed by atoms with van der Waals surface area (Å²) < 4.78 is 11.9. The Morgan fingerprint density at radius 2 is 2.24 bits per heavy atom. The third-order valence-corrected chi connectivity index (χ3v) is 7.31. The molecule has 5 rings (SSSR count). The molecule has 1 aromatic rings. The minimum atomic E-state index is -0.301. The van der Waals surface area contributed by atoms with Crippen molar-refractivity contribution >= 4 is 11.8 Å². The van der Waals surface area contributed by atoms with Crippen LogP contribution in [0.1, 0.15) is 51.1 Å². The zero-order chi connectivity index (χ0) is 23.0. The second-order valence-electron chi connectivity index (χ2n) is 9.44. The lowest BCUT2D eigenvalue weighted by molar-refractivity contribution is -0.138. The monoisotopic (exact) mass is 447 g/mol. The number of piperidine rings is 2. The van der Waals surface area contributed by atoms with Crippen molar-refractivity contribution in [1.29, 1.82) is 0 Å². The van der Waals surface area contributed by atoms with Gasteiger partial charge in [-0.05, 0) is 55.4 Å². The highest BCUT2D eigenvalue weighted by atomic mass is 16.6. The quantitative estimate of drug-likeness (QED) is 0.300. The normalized spacial score (nSPS) is 30.8. The molecule has 3 saturated heterocycles. The number of allylic oxidation sites excluding steroid dienone is 3. The number of nitrogens with zero attached hydrogens (tertiary/aromatic N) is 2. The molecule has 0 saturated carbocycles. The molecule has 0 bridgehead atoms. The number of hydrogen-bond donors (Lipinski definition) is 1. The van der Waals surface area contributed by atoms with Crippen molar-refractivity contribution < 1.29 is 19.1 Å². The molecule has 7 nitrogen and oxygen atoms in total. The fraction of sp³-hybridized carbons (Fsp3) is 0.500. The van der Waals surface area contributed by atoms with E-state index in [1.807, 2.05) is 6.07 Å². The van der Waals surface area contributed by atoms with Crippen LogP contribution in [-0.2, 0) is 14.3 Å². The van der Waals surface area contributed by atoms with Crippen molar-refractivity contribution in [1.82, 2.24) is 15.2 Å². The van der Waals surface area contributed by atoms with Crippen molar-refractivity contribution in [2.75, 3.05) is 13.2 Å². The average Bonchev–Trinajstić information content (AvgIpc) is 3.62. The van der Waals surface area contributed by atoms with E-state index in [0.29, 0.717) is 31.7 Å². The molecule has 172 valence electrons. The SMILES string of the molecule is C#Cc1ccc(OCCCCC2=C3CN(C4CCC(=O)NC4=O)C4OC4C3(C)CC=C2)cn1. The van der Waals surface area contributed by atoms with Crippen LogP contribution in [-0.4, -0.2) is 53.2 Å². The molecule has 1 N–H and O–H groups in total. The maximum atomic E-state index is 12.5. The minimum absolute atomic E-state index is 0.0207. The molecule has 0 spiro atoms. The molecule has 1 aromatic heterocycles. The molecule has 4 aliphatic rings. The smallest absolute Gasteiger partial charge is 0.244 e. The molecule has 3 aliphatic heterocycles. The van der Waals surface area contributed by atoms with Gasteiger partial charge in [0.1, 0.15) is 23.8 Å². The van der Waals surface area contributed by atoms with E-state index < -0.39 is 0 Å². The molecule has 4 heterocycles. The van der Waals surface area contributed by atoms with E-state index in [-0.39, 0.29) is 35.6 Å². The number of amides is 2. The van der Waals surface area contributed by atoms with Gasteiger partial charge in [0, 0.05) is 18.4 Å². The summed E-state index contributed by atoms with van der Waals surface area (Å²) in [7, 11) is 0. The van der Waals surface area contributed by atoms with E-state index in [9.17, 15) is 9.59 Å². The van der Waals surface area contributed by atoms with Crippen LogP contribution in [0.5, 0.6) is 5.75 Å². The number of ether oxygens (including phenoxy) is 2. The van der Waals surface area contributed by atoms with Gasteiger partial charge in [0.15, 0.2) is 0 Å². The first-order chi connectivity index (χ1) is 16.0.